The Morgan fingerprint density at radius 1 is 1.10 bits per heavy atom. The van der Waals surface area contributed by atoms with E-state index in [2.05, 4.69) is 29.1 Å². The summed E-state index contributed by atoms with van der Waals surface area (Å²) < 4.78 is 0. The average Bonchev–Trinajstić information content (AvgIpc) is 2.52. The zero-order valence-corrected chi connectivity index (χ0v) is 12.6. The molecule has 21 heavy (non-hydrogen) atoms. The summed E-state index contributed by atoms with van der Waals surface area (Å²) in [5.74, 6) is 0.558. The minimum absolute atomic E-state index is 0.155. The first-order valence-corrected chi connectivity index (χ1v) is 7.39. The summed E-state index contributed by atoms with van der Waals surface area (Å²) in [5.41, 5.74) is 1.90. The van der Waals surface area contributed by atoms with Crippen LogP contribution in [0.5, 0.6) is 0 Å². The zero-order valence-electron chi connectivity index (χ0n) is 12.6. The lowest BCUT2D eigenvalue weighted by Gasteiger charge is -2.22. The molecular formula is C17H23N3O. The first-order valence-electron chi connectivity index (χ1n) is 7.39. The standard InChI is InChI=1S/C17H23N3O/c1-13(2)11-16(15-5-3-4-8-19-15)20-12-17(21)14-6-9-18-10-7-14/h3-10,13,16-17,20-21H,11-12H2,1-2H3. The molecule has 0 aliphatic rings. The van der Waals surface area contributed by atoms with Gasteiger partial charge in [0.25, 0.3) is 0 Å². The monoisotopic (exact) mass is 285 g/mol. The summed E-state index contributed by atoms with van der Waals surface area (Å²) in [7, 11) is 0. The first kappa shape index (κ1) is 15.6. The molecule has 0 bridgehead atoms. The van der Waals surface area contributed by atoms with Crippen LogP contribution in [0.3, 0.4) is 0 Å². The normalized spacial score (nSPS) is 14.1. The number of aromatic nitrogens is 2. The van der Waals surface area contributed by atoms with Gasteiger partial charge in [0.15, 0.2) is 0 Å². The molecule has 2 N–H and O–H groups in total. The number of hydrogen-bond acceptors (Lipinski definition) is 4. The van der Waals surface area contributed by atoms with E-state index < -0.39 is 6.10 Å². The predicted octanol–water partition coefficient (Wildman–Crippen LogP) is 2.89. The van der Waals surface area contributed by atoms with Crippen LogP contribution in [-0.4, -0.2) is 21.6 Å². The van der Waals surface area contributed by atoms with Crippen molar-refractivity contribution in [1.82, 2.24) is 15.3 Å². The van der Waals surface area contributed by atoms with Crippen molar-refractivity contribution >= 4 is 0 Å². The van der Waals surface area contributed by atoms with Crippen molar-refractivity contribution in [3.05, 3.63) is 60.2 Å². The van der Waals surface area contributed by atoms with Crippen molar-refractivity contribution in [3.63, 3.8) is 0 Å². The molecule has 0 saturated carbocycles. The minimum Gasteiger partial charge on any atom is -0.387 e. The maximum atomic E-state index is 10.2. The van der Waals surface area contributed by atoms with E-state index in [0.29, 0.717) is 12.5 Å². The molecule has 0 aromatic carbocycles. The summed E-state index contributed by atoms with van der Waals surface area (Å²) in [5, 5.41) is 13.7. The van der Waals surface area contributed by atoms with E-state index in [9.17, 15) is 5.11 Å². The molecule has 0 aliphatic carbocycles. The Bertz CT molecular complexity index is 516. The van der Waals surface area contributed by atoms with Gasteiger partial charge in [-0.15, -0.1) is 0 Å². The van der Waals surface area contributed by atoms with E-state index in [1.54, 1.807) is 12.4 Å². The van der Waals surface area contributed by atoms with Crippen LogP contribution in [0.1, 0.15) is 43.7 Å². The molecule has 2 aromatic heterocycles. The maximum Gasteiger partial charge on any atom is 0.0915 e. The van der Waals surface area contributed by atoms with E-state index in [1.807, 2.05) is 36.5 Å². The molecule has 112 valence electrons. The van der Waals surface area contributed by atoms with Crippen LogP contribution in [0.15, 0.2) is 48.9 Å². The summed E-state index contributed by atoms with van der Waals surface area (Å²) in [6.45, 7) is 4.88. The number of aliphatic hydroxyl groups excluding tert-OH is 1. The van der Waals surface area contributed by atoms with Crippen LogP contribution in [0.25, 0.3) is 0 Å². The third kappa shape index (κ3) is 4.92. The number of pyridine rings is 2. The molecule has 4 nitrogen and oxygen atoms in total. The third-order valence-electron chi connectivity index (χ3n) is 3.40. The van der Waals surface area contributed by atoms with Gasteiger partial charge in [-0.1, -0.05) is 19.9 Å². The lowest BCUT2D eigenvalue weighted by atomic mass is 10.00. The molecule has 0 aliphatic heterocycles. The summed E-state index contributed by atoms with van der Waals surface area (Å²) >= 11 is 0. The van der Waals surface area contributed by atoms with Gasteiger partial charge in [-0.2, -0.15) is 0 Å². The van der Waals surface area contributed by atoms with Crippen molar-refractivity contribution in [1.29, 1.82) is 0 Å². The Kier molecular flexibility index (Phi) is 5.84. The maximum absolute atomic E-state index is 10.2. The number of nitrogens with zero attached hydrogens (tertiary/aromatic N) is 2. The number of nitrogens with one attached hydrogen (secondary N) is 1. The average molecular weight is 285 g/mol. The fourth-order valence-corrected chi connectivity index (χ4v) is 2.32. The Morgan fingerprint density at radius 3 is 2.48 bits per heavy atom. The van der Waals surface area contributed by atoms with Gasteiger partial charge < -0.3 is 10.4 Å². The number of aliphatic hydroxyl groups is 1. The van der Waals surface area contributed by atoms with Crippen molar-refractivity contribution in [2.24, 2.45) is 5.92 Å². The van der Waals surface area contributed by atoms with Crippen LogP contribution in [0, 0.1) is 5.92 Å². The zero-order chi connectivity index (χ0) is 15.1. The van der Waals surface area contributed by atoms with Crippen molar-refractivity contribution in [3.8, 4) is 0 Å². The van der Waals surface area contributed by atoms with Gasteiger partial charge in [0.2, 0.25) is 0 Å². The van der Waals surface area contributed by atoms with E-state index in [0.717, 1.165) is 17.7 Å². The van der Waals surface area contributed by atoms with Gasteiger partial charge in [0.05, 0.1) is 11.8 Å². The minimum atomic E-state index is -0.536. The molecule has 0 saturated heterocycles. The fraction of sp³-hybridized carbons (Fsp3) is 0.412. The van der Waals surface area contributed by atoms with Crippen molar-refractivity contribution in [2.75, 3.05) is 6.54 Å². The Balaban J connectivity index is 1.99. The highest BCUT2D eigenvalue weighted by Crippen LogP contribution is 2.20. The summed E-state index contributed by atoms with van der Waals surface area (Å²) in [6, 6.07) is 9.77. The van der Waals surface area contributed by atoms with E-state index in [4.69, 9.17) is 0 Å². The highest BCUT2D eigenvalue weighted by molar-refractivity contribution is 5.14. The molecule has 2 aromatic rings. The molecule has 2 heterocycles. The molecule has 4 heteroatoms. The molecule has 0 radical (unpaired) electrons. The van der Waals surface area contributed by atoms with E-state index in [1.165, 1.54) is 0 Å². The molecule has 0 amide bonds. The van der Waals surface area contributed by atoms with Crippen molar-refractivity contribution < 1.29 is 5.11 Å². The van der Waals surface area contributed by atoms with Crippen LogP contribution >= 0.6 is 0 Å². The second-order valence-electron chi connectivity index (χ2n) is 5.64. The van der Waals surface area contributed by atoms with Crippen LogP contribution in [0.2, 0.25) is 0 Å². The SMILES string of the molecule is CC(C)CC(NCC(O)c1ccncc1)c1ccccn1. The molecule has 2 rings (SSSR count). The number of hydrogen-bond donors (Lipinski definition) is 2. The van der Waals surface area contributed by atoms with Crippen LogP contribution in [0.4, 0.5) is 0 Å². The second-order valence-corrected chi connectivity index (χ2v) is 5.64. The topological polar surface area (TPSA) is 58.0 Å². The molecule has 2 atom stereocenters. The van der Waals surface area contributed by atoms with E-state index >= 15 is 0 Å². The summed E-state index contributed by atoms with van der Waals surface area (Å²) in [4.78, 5) is 8.40. The smallest absolute Gasteiger partial charge is 0.0915 e. The first-order chi connectivity index (χ1) is 10.2. The Hall–Kier alpha value is -1.78. The molecular weight excluding hydrogens is 262 g/mol. The van der Waals surface area contributed by atoms with Crippen LogP contribution in [-0.2, 0) is 0 Å². The largest absolute Gasteiger partial charge is 0.387 e. The van der Waals surface area contributed by atoms with Gasteiger partial charge in [-0.25, -0.2) is 0 Å². The lowest BCUT2D eigenvalue weighted by molar-refractivity contribution is 0.167. The van der Waals surface area contributed by atoms with Gasteiger partial charge in [0, 0.05) is 31.2 Å². The third-order valence-corrected chi connectivity index (χ3v) is 3.40. The Morgan fingerprint density at radius 2 is 1.86 bits per heavy atom. The molecule has 0 spiro atoms. The Labute approximate surface area is 126 Å². The van der Waals surface area contributed by atoms with Crippen LogP contribution < -0.4 is 5.32 Å². The predicted molar refractivity (Wildman–Crippen MR) is 83.6 cm³/mol. The van der Waals surface area contributed by atoms with Gasteiger partial charge in [-0.05, 0) is 42.2 Å². The molecule has 2 unspecified atom stereocenters. The van der Waals surface area contributed by atoms with E-state index in [-0.39, 0.29) is 6.04 Å². The van der Waals surface area contributed by atoms with Gasteiger partial charge >= 0.3 is 0 Å². The van der Waals surface area contributed by atoms with Gasteiger partial charge in [0.1, 0.15) is 0 Å². The molecule has 0 fully saturated rings. The summed E-state index contributed by atoms with van der Waals surface area (Å²) in [6.07, 6.45) is 5.65. The quantitative estimate of drug-likeness (QED) is 0.821. The second kappa shape index (κ2) is 7.86. The number of rotatable bonds is 7. The highest BCUT2D eigenvalue weighted by Gasteiger charge is 2.16. The van der Waals surface area contributed by atoms with Gasteiger partial charge in [-0.3, -0.25) is 9.97 Å². The van der Waals surface area contributed by atoms with Crippen molar-refractivity contribution in [2.45, 2.75) is 32.4 Å². The highest BCUT2D eigenvalue weighted by atomic mass is 16.3. The lowest BCUT2D eigenvalue weighted by Crippen LogP contribution is -2.28. The fourth-order valence-electron chi connectivity index (χ4n) is 2.32.